The summed E-state index contributed by atoms with van der Waals surface area (Å²) < 4.78 is 19.5. The number of nitro groups is 1. The average molecular weight is 353 g/mol. The van der Waals surface area contributed by atoms with Gasteiger partial charge in [0.15, 0.2) is 0 Å². The summed E-state index contributed by atoms with van der Waals surface area (Å²) in [5.74, 6) is -1.67. The minimum absolute atomic E-state index is 0.0560. The number of benzene rings is 1. The lowest BCUT2D eigenvalue weighted by Gasteiger charge is -2.14. The smallest absolute Gasteiger partial charge is 0.342 e. The zero-order valence-corrected chi connectivity index (χ0v) is 14.1. The monoisotopic (exact) mass is 353 g/mol. The third-order valence-corrected chi connectivity index (χ3v) is 3.04. The number of rotatable bonds is 10. The van der Waals surface area contributed by atoms with E-state index in [0.29, 0.717) is 0 Å². The van der Waals surface area contributed by atoms with Crippen molar-refractivity contribution in [1.29, 1.82) is 0 Å². The van der Waals surface area contributed by atoms with Crippen molar-refractivity contribution in [3.8, 4) is 0 Å². The topological polar surface area (TPSA) is 114 Å². The summed E-state index contributed by atoms with van der Waals surface area (Å²) >= 11 is 0. The van der Waals surface area contributed by atoms with Gasteiger partial charge in [0, 0.05) is 33.5 Å². The van der Waals surface area contributed by atoms with Gasteiger partial charge in [-0.15, -0.1) is 0 Å². The highest BCUT2D eigenvalue weighted by atomic mass is 16.7. The number of carbonyl (C=O) groups excluding carboxylic acids is 2. The van der Waals surface area contributed by atoms with Gasteiger partial charge in [0.2, 0.25) is 12.1 Å². The molecule has 0 aliphatic carbocycles. The van der Waals surface area contributed by atoms with Crippen LogP contribution in [-0.4, -0.2) is 57.5 Å². The summed E-state index contributed by atoms with van der Waals surface area (Å²) in [5, 5.41) is 10.9. The van der Waals surface area contributed by atoms with Crippen LogP contribution in [0.1, 0.15) is 5.56 Å². The van der Waals surface area contributed by atoms with Crippen molar-refractivity contribution in [2.24, 2.45) is 0 Å². The summed E-state index contributed by atoms with van der Waals surface area (Å²) in [4.78, 5) is 34.9. The molecule has 0 fully saturated rings. The molecule has 0 aromatic heterocycles. The zero-order chi connectivity index (χ0) is 18.8. The molecule has 0 N–H and O–H groups in total. The minimum atomic E-state index is -1.31. The van der Waals surface area contributed by atoms with Gasteiger partial charge in [-0.1, -0.05) is 12.1 Å². The Bertz CT molecular complexity index is 651. The SMILES string of the molecule is COCCOC(=O)C(=Cc1cccc([N+](=O)[O-])c1)C(=O)C(OC)OC. The molecule has 9 nitrogen and oxygen atoms in total. The van der Waals surface area contributed by atoms with Crippen molar-refractivity contribution in [2.75, 3.05) is 34.5 Å². The second-order valence-corrected chi connectivity index (χ2v) is 4.71. The number of non-ortho nitro benzene ring substituents is 1. The summed E-state index contributed by atoms with van der Waals surface area (Å²) in [6, 6.07) is 5.47. The maximum atomic E-state index is 12.4. The molecule has 1 aromatic rings. The van der Waals surface area contributed by atoms with Gasteiger partial charge in [-0.2, -0.15) is 0 Å². The van der Waals surface area contributed by atoms with Crippen LogP contribution in [0.25, 0.3) is 6.08 Å². The van der Waals surface area contributed by atoms with Gasteiger partial charge in [0.25, 0.3) is 5.69 Å². The first-order valence-electron chi connectivity index (χ1n) is 7.16. The largest absolute Gasteiger partial charge is 0.460 e. The molecule has 0 spiro atoms. The van der Waals surface area contributed by atoms with E-state index in [2.05, 4.69) is 0 Å². The van der Waals surface area contributed by atoms with Crippen molar-refractivity contribution in [3.63, 3.8) is 0 Å². The van der Waals surface area contributed by atoms with E-state index in [1.54, 1.807) is 0 Å². The van der Waals surface area contributed by atoms with Crippen molar-refractivity contribution >= 4 is 23.5 Å². The Hall–Kier alpha value is -2.62. The number of carbonyl (C=O) groups is 2. The highest BCUT2D eigenvalue weighted by molar-refractivity contribution is 6.21. The molecule has 9 heteroatoms. The molecule has 0 atom stereocenters. The molecule has 0 aliphatic rings. The van der Waals surface area contributed by atoms with Gasteiger partial charge >= 0.3 is 5.97 Å². The van der Waals surface area contributed by atoms with Gasteiger partial charge in [-0.25, -0.2) is 4.79 Å². The van der Waals surface area contributed by atoms with E-state index in [4.69, 9.17) is 18.9 Å². The number of hydrogen-bond donors (Lipinski definition) is 0. The molecule has 1 aromatic carbocycles. The fraction of sp³-hybridized carbons (Fsp3) is 0.375. The van der Waals surface area contributed by atoms with Gasteiger partial charge in [0.05, 0.1) is 11.5 Å². The fourth-order valence-corrected chi connectivity index (χ4v) is 1.86. The van der Waals surface area contributed by atoms with Crippen LogP contribution in [0.15, 0.2) is 29.8 Å². The number of nitro benzene ring substituents is 1. The van der Waals surface area contributed by atoms with E-state index in [9.17, 15) is 19.7 Å². The zero-order valence-electron chi connectivity index (χ0n) is 14.1. The van der Waals surface area contributed by atoms with Crippen LogP contribution >= 0.6 is 0 Å². The number of esters is 1. The lowest BCUT2D eigenvalue weighted by molar-refractivity contribution is -0.384. The van der Waals surface area contributed by atoms with Crippen molar-refractivity contribution < 1.29 is 33.5 Å². The maximum absolute atomic E-state index is 12.4. The van der Waals surface area contributed by atoms with Gasteiger partial charge < -0.3 is 18.9 Å². The third-order valence-electron chi connectivity index (χ3n) is 3.04. The molecule has 136 valence electrons. The van der Waals surface area contributed by atoms with Crippen LogP contribution in [0, 0.1) is 10.1 Å². The highest BCUT2D eigenvalue weighted by Gasteiger charge is 2.28. The Morgan fingerprint density at radius 1 is 1.20 bits per heavy atom. The maximum Gasteiger partial charge on any atom is 0.342 e. The molecule has 0 heterocycles. The molecule has 0 unspecified atom stereocenters. The number of ketones is 1. The lowest BCUT2D eigenvalue weighted by Crippen LogP contribution is -2.30. The number of nitrogens with zero attached hydrogens (tertiary/aromatic N) is 1. The fourth-order valence-electron chi connectivity index (χ4n) is 1.86. The Labute approximate surface area is 144 Å². The van der Waals surface area contributed by atoms with Crippen molar-refractivity contribution in [3.05, 3.63) is 45.5 Å². The van der Waals surface area contributed by atoms with Crippen LogP contribution < -0.4 is 0 Å². The summed E-state index contributed by atoms with van der Waals surface area (Å²) in [7, 11) is 3.92. The van der Waals surface area contributed by atoms with E-state index < -0.39 is 23.0 Å². The average Bonchev–Trinajstić information content (AvgIpc) is 2.60. The van der Waals surface area contributed by atoms with E-state index in [1.165, 1.54) is 51.7 Å². The first-order valence-corrected chi connectivity index (χ1v) is 7.16. The summed E-state index contributed by atoms with van der Waals surface area (Å²) in [5.41, 5.74) is -0.249. The third kappa shape index (κ3) is 6.07. The van der Waals surface area contributed by atoms with Gasteiger partial charge in [-0.05, 0) is 11.6 Å². The van der Waals surface area contributed by atoms with Crippen molar-refractivity contribution in [1.82, 2.24) is 0 Å². The quantitative estimate of drug-likeness (QED) is 0.0905. The van der Waals surface area contributed by atoms with Crippen LogP contribution in [0.4, 0.5) is 5.69 Å². The Morgan fingerprint density at radius 3 is 2.44 bits per heavy atom. The summed E-state index contributed by atoms with van der Waals surface area (Å²) in [6.07, 6.45) is -0.116. The van der Waals surface area contributed by atoms with Crippen LogP contribution in [0.5, 0.6) is 0 Å². The summed E-state index contributed by atoms with van der Waals surface area (Å²) in [6.45, 7) is 0.0987. The molecule has 0 saturated carbocycles. The van der Waals surface area contributed by atoms with E-state index in [-0.39, 0.29) is 30.0 Å². The molecule has 25 heavy (non-hydrogen) atoms. The molecule has 0 bridgehead atoms. The normalized spacial score (nSPS) is 11.4. The van der Waals surface area contributed by atoms with Gasteiger partial charge in [0.1, 0.15) is 12.2 Å². The Balaban J connectivity index is 3.20. The molecule has 0 saturated heterocycles. The lowest BCUT2D eigenvalue weighted by atomic mass is 10.1. The standard InChI is InChI=1S/C16H19NO8/c1-22-7-8-25-15(19)13(14(18)16(23-2)24-3)10-11-5-4-6-12(9-11)17(20)21/h4-6,9-10,16H,7-8H2,1-3H3. The second kappa shape index (κ2) is 10.3. The number of Topliss-reactive ketones (excluding diaryl/α,β-unsaturated/α-hetero) is 1. The van der Waals surface area contributed by atoms with Crippen LogP contribution in [0.2, 0.25) is 0 Å². The first-order chi connectivity index (χ1) is 11.9. The molecule has 0 amide bonds. The van der Waals surface area contributed by atoms with Crippen LogP contribution in [0.3, 0.4) is 0 Å². The highest BCUT2D eigenvalue weighted by Crippen LogP contribution is 2.18. The first kappa shape index (κ1) is 20.4. The van der Waals surface area contributed by atoms with E-state index >= 15 is 0 Å². The van der Waals surface area contributed by atoms with Gasteiger partial charge in [-0.3, -0.25) is 14.9 Å². The molecular weight excluding hydrogens is 334 g/mol. The number of ether oxygens (including phenoxy) is 4. The Morgan fingerprint density at radius 2 is 1.88 bits per heavy atom. The number of methoxy groups -OCH3 is 3. The Kier molecular flexibility index (Phi) is 8.40. The minimum Gasteiger partial charge on any atom is -0.460 e. The van der Waals surface area contributed by atoms with Crippen molar-refractivity contribution in [2.45, 2.75) is 6.29 Å². The predicted octanol–water partition coefficient (Wildman–Crippen LogP) is 1.36. The number of hydrogen-bond acceptors (Lipinski definition) is 8. The molecule has 0 aliphatic heterocycles. The predicted molar refractivity (Wildman–Crippen MR) is 86.7 cm³/mol. The van der Waals surface area contributed by atoms with Crippen LogP contribution in [-0.2, 0) is 28.5 Å². The molecular formula is C16H19NO8. The second-order valence-electron chi connectivity index (χ2n) is 4.71. The van der Waals surface area contributed by atoms with E-state index in [1.807, 2.05) is 0 Å². The van der Waals surface area contributed by atoms with E-state index in [0.717, 1.165) is 0 Å². The molecule has 0 radical (unpaired) electrons. The molecule has 1 rings (SSSR count).